The molecule has 1 aromatic carbocycles. The first-order valence-corrected chi connectivity index (χ1v) is 6.89. The van der Waals surface area contributed by atoms with Crippen molar-refractivity contribution in [3.8, 4) is 5.75 Å². The molecule has 3 N–H and O–H groups in total. The van der Waals surface area contributed by atoms with Crippen LogP contribution in [0.4, 0.5) is 0 Å². The van der Waals surface area contributed by atoms with Crippen LogP contribution in [0.15, 0.2) is 24.3 Å². The van der Waals surface area contributed by atoms with E-state index in [1.807, 2.05) is 26.0 Å². The van der Waals surface area contributed by atoms with E-state index >= 15 is 0 Å². The van der Waals surface area contributed by atoms with Gasteiger partial charge < -0.3 is 15.4 Å². The van der Waals surface area contributed by atoms with Gasteiger partial charge in [-0.15, -0.1) is 0 Å². The van der Waals surface area contributed by atoms with E-state index in [2.05, 4.69) is 29.7 Å². The topological polar surface area (TPSA) is 54.9 Å². The molecule has 0 aliphatic heterocycles. The largest absolute Gasteiger partial charge is 0.497 e. The number of likely N-dealkylation sites (N-methyl/N-ethyl adjacent to an activating group) is 1. The molecule has 0 aliphatic rings. The average molecular weight is 265 g/mol. The molecular weight excluding hydrogens is 240 g/mol. The number of benzene rings is 1. The van der Waals surface area contributed by atoms with Crippen LogP contribution in [0.2, 0.25) is 0 Å². The van der Waals surface area contributed by atoms with Crippen LogP contribution in [-0.4, -0.2) is 25.6 Å². The fourth-order valence-corrected chi connectivity index (χ4v) is 2.11. The molecule has 0 unspecified atom stereocenters. The van der Waals surface area contributed by atoms with Gasteiger partial charge in [-0.3, -0.25) is 4.79 Å². The van der Waals surface area contributed by atoms with Crippen molar-refractivity contribution in [3.63, 3.8) is 0 Å². The smallest absolute Gasteiger partial charge is 0.277 e. The third-order valence-corrected chi connectivity index (χ3v) is 3.27. The van der Waals surface area contributed by atoms with Gasteiger partial charge in [0.15, 0.2) is 6.04 Å². The van der Waals surface area contributed by atoms with Crippen molar-refractivity contribution in [2.45, 2.75) is 39.3 Å². The fraction of sp³-hybridized carbons (Fsp3) is 0.533. The van der Waals surface area contributed by atoms with E-state index in [1.54, 1.807) is 7.11 Å². The van der Waals surface area contributed by atoms with Crippen LogP contribution in [0.1, 0.15) is 38.8 Å². The van der Waals surface area contributed by atoms with Gasteiger partial charge in [-0.1, -0.05) is 6.92 Å². The average Bonchev–Trinajstić information content (AvgIpc) is 2.45. The molecule has 19 heavy (non-hydrogen) atoms. The molecule has 0 bridgehead atoms. The summed E-state index contributed by atoms with van der Waals surface area (Å²) in [5, 5.41) is 4.97. The highest BCUT2D eigenvalue weighted by molar-refractivity contribution is 5.79. The fourth-order valence-electron chi connectivity index (χ4n) is 2.11. The van der Waals surface area contributed by atoms with Gasteiger partial charge in [-0.2, -0.15) is 0 Å². The van der Waals surface area contributed by atoms with E-state index in [0.717, 1.165) is 12.2 Å². The van der Waals surface area contributed by atoms with Crippen molar-refractivity contribution >= 4 is 5.91 Å². The monoisotopic (exact) mass is 265 g/mol. The van der Waals surface area contributed by atoms with E-state index in [4.69, 9.17) is 4.74 Å². The van der Waals surface area contributed by atoms with Crippen LogP contribution in [0.25, 0.3) is 0 Å². The standard InChI is InChI=1S/C15H24N2O2/c1-5-14(17-11(3)15(18)16-6-2)12-7-9-13(19-4)10-8-12/h7-11,14,17H,5-6H2,1-4H3,(H,16,18)/p+1/t11-,14+/m1/s1. The summed E-state index contributed by atoms with van der Waals surface area (Å²) in [6.45, 7) is 6.69. The number of hydrogen-bond donors (Lipinski definition) is 2. The van der Waals surface area contributed by atoms with E-state index in [1.165, 1.54) is 5.56 Å². The molecule has 0 aromatic heterocycles. The zero-order valence-corrected chi connectivity index (χ0v) is 12.3. The molecule has 106 valence electrons. The molecule has 1 aromatic rings. The molecule has 0 saturated heterocycles. The Kier molecular flexibility index (Phi) is 6.36. The van der Waals surface area contributed by atoms with Crippen molar-refractivity contribution in [1.82, 2.24) is 5.32 Å². The van der Waals surface area contributed by atoms with Crippen molar-refractivity contribution < 1.29 is 14.8 Å². The maximum absolute atomic E-state index is 11.8. The molecule has 0 spiro atoms. The quantitative estimate of drug-likeness (QED) is 0.779. The molecule has 1 rings (SSSR count). The Hall–Kier alpha value is -1.55. The normalized spacial score (nSPS) is 13.7. The minimum Gasteiger partial charge on any atom is -0.497 e. The second kappa shape index (κ2) is 7.79. The van der Waals surface area contributed by atoms with Gasteiger partial charge in [0.1, 0.15) is 11.8 Å². The lowest BCUT2D eigenvalue weighted by atomic mass is 10.0. The number of nitrogens with two attached hydrogens (primary N) is 1. The number of carbonyl (C=O) groups excluding carboxylic acids is 1. The Labute approximate surface area is 115 Å². The molecular formula is C15H25N2O2+. The molecule has 0 radical (unpaired) electrons. The third-order valence-electron chi connectivity index (χ3n) is 3.27. The summed E-state index contributed by atoms with van der Waals surface area (Å²) in [5.74, 6) is 0.949. The van der Waals surface area contributed by atoms with Crippen LogP contribution in [0.3, 0.4) is 0 Å². The van der Waals surface area contributed by atoms with Crippen LogP contribution in [0.5, 0.6) is 5.75 Å². The lowest BCUT2D eigenvalue weighted by Crippen LogP contribution is -2.92. The lowest BCUT2D eigenvalue weighted by molar-refractivity contribution is -0.713. The predicted molar refractivity (Wildman–Crippen MR) is 76.1 cm³/mol. The minimum atomic E-state index is -0.0769. The van der Waals surface area contributed by atoms with Gasteiger partial charge in [0.05, 0.1) is 7.11 Å². The number of methoxy groups -OCH3 is 1. The van der Waals surface area contributed by atoms with Crippen molar-refractivity contribution in [1.29, 1.82) is 0 Å². The van der Waals surface area contributed by atoms with Gasteiger partial charge >= 0.3 is 0 Å². The van der Waals surface area contributed by atoms with Crippen molar-refractivity contribution in [3.05, 3.63) is 29.8 Å². The first-order valence-electron chi connectivity index (χ1n) is 6.89. The molecule has 0 aliphatic carbocycles. The number of rotatable bonds is 7. The summed E-state index contributed by atoms with van der Waals surface area (Å²) in [6, 6.07) is 8.27. The van der Waals surface area contributed by atoms with Gasteiger partial charge in [0.25, 0.3) is 5.91 Å². The zero-order chi connectivity index (χ0) is 14.3. The van der Waals surface area contributed by atoms with Crippen LogP contribution in [0, 0.1) is 0 Å². The second-order valence-corrected chi connectivity index (χ2v) is 4.66. The maximum Gasteiger partial charge on any atom is 0.277 e. The molecule has 0 saturated carbocycles. The Morgan fingerprint density at radius 2 is 1.95 bits per heavy atom. The Balaban J connectivity index is 2.68. The van der Waals surface area contributed by atoms with Gasteiger partial charge in [0, 0.05) is 18.5 Å². The molecule has 4 nitrogen and oxygen atoms in total. The molecule has 2 atom stereocenters. The summed E-state index contributed by atoms with van der Waals surface area (Å²) < 4.78 is 5.16. The van der Waals surface area contributed by atoms with E-state index < -0.39 is 0 Å². The Bertz CT molecular complexity index is 390. The number of nitrogens with one attached hydrogen (secondary N) is 1. The summed E-state index contributed by atoms with van der Waals surface area (Å²) in [7, 11) is 1.66. The first-order chi connectivity index (χ1) is 9.12. The van der Waals surface area contributed by atoms with Gasteiger partial charge in [-0.05, 0) is 38.1 Å². The number of quaternary nitrogens is 1. The highest BCUT2D eigenvalue weighted by Crippen LogP contribution is 2.17. The molecule has 0 fully saturated rings. The Morgan fingerprint density at radius 3 is 2.42 bits per heavy atom. The first kappa shape index (κ1) is 15.5. The summed E-state index contributed by atoms with van der Waals surface area (Å²) in [4.78, 5) is 11.8. The Morgan fingerprint density at radius 1 is 1.32 bits per heavy atom. The van der Waals surface area contributed by atoms with Crippen molar-refractivity contribution in [2.24, 2.45) is 0 Å². The summed E-state index contributed by atoms with van der Waals surface area (Å²) in [5.41, 5.74) is 1.22. The van der Waals surface area contributed by atoms with Crippen LogP contribution in [-0.2, 0) is 4.79 Å². The zero-order valence-electron chi connectivity index (χ0n) is 12.3. The van der Waals surface area contributed by atoms with E-state index in [9.17, 15) is 4.79 Å². The van der Waals surface area contributed by atoms with Crippen molar-refractivity contribution in [2.75, 3.05) is 13.7 Å². The molecule has 4 heteroatoms. The summed E-state index contributed by atoms with van der Waals surface area (Å²) in [6.07, 6.45) is 0.982. The molecule has 1 amide bonds. The minimum absolute atomic E-state index is 0.0769. The summed E-state index contributed by atoms with van der Waals surface area (Å²) >= 11 is 0. The van der Waals surface area contributed by atoms with Crippen LogP contribution < -0.4 is 15.4 Å². The van der Waals surface area contributed by atoms with E-state index in [0.29, 0.717) is 12.6 Å². The third kappa shape index (κ3) is 4.56. The van der Waals surface area contributed by atoms with Crippen LogP contribution >= 0.6 is 0 Å². The van der Waals surface area contributed by atoms with E-state index in [-0.39, 0.29) is 11.9 Å². The highest BCUT2D eigenvalue weighted by atomic mass is 16.5. The maximum atomic E-state index is 11.8. The predicted octanol–water partition coefficient (Wildman–Crippen LogP) is 1.23. The highest BCUT2D eigenvalue weighted by Gasteiger charge is 2.21. The number of ether oxygens (including phenoxy) is 1. The number of amides is 1. The SMILES string of the molecule is CCNC(=O)[C@@H](C)[NH2+][C@@H](CC)c1ccc(OC)cc1. The second-order valence-electron chi connectivity index (χ2n) is 4.66. The number of carbonyl (C=O) groups is 1. The van der Waals surface area contributed by atoms with Gasteiger partial charge in [-0.25, -0.2) is 0 Å². The number of hydrogen-bond acceptors (Lipinski definition) is 2. The van der Waals surface area contributed by atoms with Gasteiger partial charge in [0.2, 0.25) is 0 Å². The lowest BCUT2D eigenvalue weighted by Gasteiger charge is -2.19. The molecule has 0 heterocycles.